The Labute approximate surface area is 217 Å². The first-order chi connectivity index (χ1) is 17.5. The molecule has 0 aliphatic rings. The first kappa shape index (κ1) is 27.7. The first-order valence-corrected chi connectivity index (χ1v) is 12.3. The molecule has 0 saturated carbocycles. The summed E-state index contributed by atoms with van der Waals surface area (Å²) in [6.45, 7) is 8.11. The molecule has 8 heteroatoms. The van der Waals surface area contributed by atoms with Crippen LogP contribution in [0.1, 0.15) is 44.9 Å². The molecular formula is C29H35N3O5. The highest BCUT2D eigenvalue weighted by atomic mass is 16.6. The van der Waals surface area contributed by atoms with Crippen molar-refractivity contribution < 1.29 is 24.2 Å². The van der Waals surface area contributed by atoms with Gasteiger partial charge in [-0.05, 0) is 63.1 Å². The minimum atomic E-state index is -1.05. The molecule has 3 aromatic carbocycles. The molecule has 2 atom stereocenters. The first-order valence-electron chi connectivity index (χ1n) is 12.3. The zero-order chi connectivity index (χ0) is 27.2. The van der Waals surface area contributed by atoms with Gasteiger partial charge in [-0.3, -0.25) is 9.59 Å². The van der Waals surface area contributed by atoms with Gasteiger partial charge in [0, 0.05) is 12.2 Å². The number of carbonyl (C=O) groups is 3. The van der Waals surface area contributed by atoms with Crippen LogP contribution >= 0.6 is 0 Å². The average molecular weight is 506 g/mol. The van der Waals surface area contributed by atoms with Gasteiger partial charge >= 0.3 is 6.09 Å². The average Bonchev–Trinajstić information content (AvgIpc) is 2.82. The lowest BCUT2D eigenvalue weighted by molar-refractivity contribution is -0.141. The molecular weight excluding hydrogens is 470 g/mol. The van der Waals surface area contributed by atoms with E-state index < -0.39 is 35.6 Å². The van der Waals surface area contributed by atoms with Gasteiger partial charge in [-0.25, -0.2) is 4.79 Å². The number of hydrogen-bond donors (Lipinski definition) is 3. The third-order valence-electron chi connectivity index (χ3n) is 5.66. The monoisotopic (exact) mass is 505 g/mol. The SMILES string of the molecule is Cc1cccc(C(C(=O)Nc2ccc3ccccc3c2)N(CCO)C(=O)C(C)NC(=O)OC(C)(C)C)c1. The minimum Gasteiger partial charge on any atom is -0.444 e. The maximum Gasteiger partial charge on any atom is 0.408 e. The number of aryl methyl sites for hydroxylation is 1. The molecule has 0 bridgehead atoms. The van der Waals surface area contributed by atoms with Crippen LogP contribution in [0.4, 0.5) is 10.5 Å². The summed E-state index contributed by atoms with van der Waals surface area (Å²) < 4.78 is 5.27. The lowest BCUT2D eigenvalue weighted by Gasteiger charge is -2.33. The zero-order valence-corrected chi connectivity index (χ0v) is 21.9. The van der Waals surface area contributed by atoms with E-state index in [0.29, 0.717) is 11.3 Å². The topological polar surface area (TPSA) is 108 Å². The number of nitrogens with zero attached hydrogens (tertiary/aromatic N) is 1. The summed E-state index contributed by atoms with van der Waals surface area (Å²) in [5, 5.41) is 17.3. The smallest absolute Gasteiger partial charge is 0.408 e. The van der Waals surface area contributed by atoms with Crippen LogP contribution in [0.2, 0.25) is 0 Å². The van der Waals surface area contributed by atoms with Gasteiger partial charge in [0.1, 0.15) is 17.7 Å². The number of benzene rings is 3. The molecule has 0 aliphatic carbocycles. The number of anilines is 1. The molecule has 3 aromatic rings. The van der Waals surface area contributed by atoms with E-state index in [0.717, 1.165) is 16.3 Å². The van der Waals surface area contributed by atoms with E-state index in [-0.39, 0.29) is 13.2 Å². The molecule has 196 valence electrons. The summed E-state index contributed by atoms with van der Waals surface area (Å²) in [7, 11) is 0. The van der Waals surface area contributed by atoms with Crippen LogP contribution in [0.3, 0.4) is 0 Å². The van der Waals surface area contributed by atoms with Crippen molar-refractivity contribution in [3.8, 4) is 0 Å². The van der Waals surface area contributed by atoms with Gasteiger partial charge in [-0.2, -0.15) is 0 Å². The molecule has 3 rings (SSSR count). The highest BCUT2D eigenvalue weighted by Crippen LogP contribution is 2.26. The third-order valence-corrected chi connectivity index (χ3v) is 5.66. The van der Waals surface area contributed by atoms with Crippen LogP contribution in [0.5, 0.6) is 0 Å². The van der Waals surface area contributed by atoms with Crippen LogP contribution in [-0.4, -0.2) is 52.7 Å². The van der Waals surface area contributed by atoms with E-state index in [2.05, 4.69) is 10.6 Å². The van der Waals surface area contributed by atoms with E-state index in [1.165, 1.54) is 11.8 Å². The molecule has 0 fully saturated rings. The van der Waals surface area contributed by atoms with Crippen molar-refractivity contribution in [1.29, 1.82) is 0 Å². The molecule has 37 heavy (non-hydrogen) atoms. The Morgan fingerprint density at radius 1 is 0.973 bits per heavy atom. The highest BCUT2D eigenvalue weighted by molar-refractivity contribution is 6.00. The molecule has 0 aliphatic heterocycles. The summed E-state index contributed by atoms with van der Waals surface area (Å²) in [6.07, 6.45) is -0.745. The highest BCUT2D eigenvalue weighted by Gasteiger charge is 2.34. The molecule has 8 nitrogen and oxygen atoms in total. The number of fused-ring (bicyclic) bond motifs is 1. The van der Waals surface area contributed by atoms with Crippen molar-refractivity contribution in [2.45, 2.75) is 52.3 Å². The summed E-state index contributed by atoms with van der Waals surface area (Å²) in [5.74, 6) is -0.966. The summed E-state index contributed by atoms with van der Waals surface area (Å²) in [5.41, 5.74) is 1.35. The van der Waals surface area contributed by atoms with E-state index >= 15 is 0 Å². The Hall–Kier alpha value is -3.91. The van der Waals surface area contributed by atoms with Crippen molar-refractivity contribution in [2.24, 2.45) is 0 Å². The summed E-state index contributed by atoms with van der Waals surface area (Å²) in [4.78, 5) is 40.8. The van der Waals surface area contributed by atoms with Crippen molar-refractivity contribution in [1.82, 2.24) is 10.2 Å². The predicted molar refractivity (Wildman–Crippen MR) is 144 cm³/mol. The van der Waals surface area contributed by atoms with Crippen molar-refractivity contribution in [3.05, 3.63) is 77.9 Å². The molecule has 0 saturated heterocycles. The lowest BCUT2D eigenvalue weighted by atomic mass is 10.0. The quantitative estimate of drug-likeness (QED) is 0.416. The third kappa shape index (κ3) is 7.54. The molecule has 3 amide bonds. The Balaban J connectivity index is 1.93. The number of hydrogen-bond acceptors (Lipinski definition) is 5. The van der Waals surface area contributed by atoms with Gasteiger partial charge in [-0.15, -0.1) is 0 Å². The van der Waals surface area contributed by atoms with Crippen molar-refractivity contribution in [3.63, 3.8) is 0 Å². The fraction of sp³-hybridized carbons (Fsp3) is 0.345. The number of rotatable bonds is 8. The second-order valence-corrected chi connectivity index (χ2v) is 9.99. The predicted octanol–water partition coefficient (Wildman–Crippen LogP) is 4.56. The van der Waals surface area contributed by atoms with Gasteiger partial charge in [-0.1, -0.05) is 60.2 Å². The number of ether oxygens (including phenoxy) is 1. The molecule has 3 N–H and O–H groups in total. The Morgan fingerprint density at radius 3 is 2.32 bits per heavy atom. The number of aliphatic hydroxyl groups is 1. The molecule has 0 aromatic heterocycles. The van der Waals surface area contributed by atoms with Crippen LogP contribution in [0.25, 0.3) is 10.8 Å². The number of amides is 3. The van der Waals surface area contributed by atoms with Crippen LogP contribution in [0, 0.1) is 6.92 Å². The molecule has 0 heterocycles. The maximum atomic E-state index is 13.7. The zero-order valence-electron chi connectivity index (χ0n) is 21.9. The second-order valence-electron chi connectivity index (χ2n) is 9.99. The van der Waals surface area contributed by atoms with E-state index in [9.17, 15) is 19.5 Å². The Bertz CT molecular complexity index is 1270. The minimum absolute atomic E-state index is 0.108. The van der Waals surface area contributed by atoms with Crippen molar-refractivity contribution >= 4 is 34.4 Å². The molecule has 0 spiro atoms. The number of nitrogens with one attached hydrogen (secondary N) is 2. The van der Waals surface area contributed by atoms with Gasteiger partial charge in [0.15, 0.2) is 0 Å². The standard InChI is InChI=1S/C29H35N3O5/c1-19-9-8-12-23(17-19)25(26(34)31-24-14-13-21-10-6-7-11-22(21)18-24)32(15-16-33)27(35)20(2)30-28(36)37-29(3,4)5/h6-14,17-18,20,25,33H,15-16H2,1-5H3,(H,30,36)(H,31,34). The number of carbonyl (C=O) groups excluding carboxylic acids is 3. The molecule has 2 unspecified atom stereocenters. The summed E-state index contributed by atoms with van der Waals surface area (Å²) in [6, 6.07) is 18.6. The van der Waals surface area contributed by atoms with E-state index in [1.54, 1.807) is 32.9 Å². The Kier molecular flexibility index (Phi) is 8.89. The summed E-state index contributed by atoms with van der Waals surface area (Å²) >= 11 is 0. The number of aliphatic hydroxyl groups excluding tert-OH is 1. The van der Waals surface area contributed by atoms with Crippen molar-refractivity contribution in [2.75, 3.05) is 18.5 Å². The van der Waals surface area contributed by atoms with E-state index in [1.807, 2.05) is 61.5 Å². The van der Waals surface area contributed by atoms with Gasteiger partial charge in [0.25, 0.3) is 5.91 Å². The Morgan fingerprint density at radius 2 is 1.68 bits per heavy atom. The normalized spacial score (nSPS) is 12.9. The second kappa shape index (κ2) is 11.9. The van der Waals surface area contributed by atoms with Crippen LogP contribution in [-0.2, 0) is 14.3 Å². The fourth-order valence-electron chi connectivity index (χ4n) is 4.06. The van der Waals surface area contributed by atoms with Crippen LogP contribution < -0.4 is 10.6 Å². The lowest BCUT2D eigenvalue weighted by Crippen LogP contribution is -2.51. The van der Waals surface area contributed by atoms with Gasteiger partial charge in [0.05, 0.1) is 6.61 Å². The fourth-order valence-corrected chi connectivity index (χ4v) is 4.06. The maximum absolute atomic E-state index is 13.7. The largest absolute Gasteiger partial charge is 0.444 e. The van der Waals surface area contributed by atoms with E-state index in [4.69, 9.17) is 4.74 Å². The van der Waals surface area contributed by atoms with Gasteiger partial charge < -0.3 is 25.4 Å². The molecule has 0 radical (unpaired) electrons. The number of alkyl carbamates (subject to hydrolysis) is 1. The van der Waals surface area contributed by atoms with Crippen LogP contribution in [0.15, 0.2) is 66.7 Å². The van der Waals surface area contributed by atoms with Gasteiger partial charge in [0.2, 0.25) is 5.91 Å².